The number of hydrogen-bond acceptors (Lipinski definition) is 5. The first-order valence-corrected chi connectivity index (χ1v) is 5.31. The molecule has 0 unspecified atom stereocenters. The summed E-state index contributed by atoms with van der Waals surface area (Å²) in [4.78, 5) is 18.9. The summed E-state index contributed by atoms with van der Waals surface area (Å²) in [5.41, 5.74) is 5.30. The molecule has 0 heterocycles. The molecule has 0 aliphatic rings. The van der Waals surface area contributed by atoms with Gasteiger partial charge in [0.15, 0.2) is 0 Å². The van der Waals surface area contributed by atoms with Gasteiger partial charge in [0.05, 0.1) is 0 Å². The van der Waals surface area contributed by atoms with E-state index in [1.54, 1.807) is 0 Å². The summed E-state index contributed by atoms with van der Waals surface area (Å²) < 4.78 is 0. The van der Waals surface area contributed by atoms with E-state index < -0.39 is 11.8 Å². The van der Waals surface area contributed by atoms with Crippen molar-refractivity contribution < 1.29 is 19.8 Å². The van der Waals surface area contributed by atoms with Gasteiger partial charge in [0.1, 0.15) is 0 Å². The van der Waals surface area contributed by atoms with Crippen LogP contribution in [0.2, 0.25) is 0 Å². The van der Waals surface area contributed by atoms with Gasteiger partial charge in [-0.15, -0.1) is 0 Å². The molecule has 6 nitrogen and oxygen atoms in total. The molecule has 0 aromatic carbocycles. The van der Waals surface area contributed by atoms with E-state index in [1.165, 1.54) is 0 Å². The Kier molecular flexibility index (Phi) is 15.3. The number of aliphatic hydroxyl groups excluding tert-OH is 1. The molecule has 0 aliphatic heterocycles. The van der Waals surface area contributed by atoms with Crippen LogP contribution >= 0.6 is 0 Å². The standard InChI is InChI=1S/C7H18N2O.C3H4O3/c8-4-1-2-5-9-6-3-7-10;1-2(4)3(5)6/h9-10H,1-8H2;1H3,(H,5,6). The lowest BCUT2D eigenvalue weighted by Crippen LogP contribution is -2.18. The molecule has 6 heteroatoms. The lowest BCUT2D eigenvalue weighted by atomic mass is 10.3. The Balaban J connectivity index is 0. The molecule has 0 spiro atoms. The number of nitrogens with one attached hydrogen (secondary N) is 1. The summed E-state index contributed by atoms with van der Waals surface area (Å²) >= 11 is 0. The number of carbonyl (C=O) groups excluding carboxylic acids is 1. The summed E-state index contributed by atoms with van der Waals surface area (Å²) in [6.45, 7) is 4.01. The number of unbranched alkanes of at least 4 members (excludes halogenated alkanes) is 1. The number of aliphatic carboxylic acids is 1. The Morgan fingerprint density at radius 1 is 1.19 bits per heavy atom. The van der Waals surface area contributed by atoms with Crippen molar-refractivity contribution in [2.75, 3.05) is 26.2 Å². The number of nitrogens with two attached hydrogens (primary N) is 1. The third kappa shape index (κ3) is 18.7. The van der Waals surface area contributed by atoms with Crippen LogP contribution < -0.4 is 11.1 Å². The minimum Gasteiger partial charge on any atom is -0.476 e. The summed E-state index contributed by atoms with van der Waals surface area (Å²) in [6.07, 6.45) is 3.08. The molecule has 16 heavy (non-hydrogen) atoms. The van der Waals surface area contributed by atoms with Gasteiger partial charge >= 0.3 is 5.97 Å². The molecule has 0 fully saturated rings. The maximum absolute atomic E-state index is 9.54. The molecule has 0 saturated carbocycles. The van der Waals surface area contributed by atoms with Crippen LogP contribution in [-0.2, 0) is 9.59 Å². The van der Waals surface area contributed by atoms with Crippen LogP contribution in [0.25, 0.3) is 0 Å². The Morgan fingerprint density at radius 3 is 2.06 bits per heavy atom. The molecule has 0 bridgehead atoms. The zero-order valence-electron chi connectivity index (χ0n) is 9.74. The molecule has 0 aromatic rings. The second kappa shape index (κ2) is 14.0. The number of carboxylic acid groups (broad SMARTS) is 1. The van der Waals surface area contributed by atoms with E-state index in [-0.39, 0.29) is 6.61 Å². The summed E-state index contributed by atoms with van der Waals surface area (Å²) in [5.74, 6) is -2.20. The van der Waals surface area contributed by atoms with Crippen molar-refractivity contribution in [3.63, 3.8) is 0 Å². The van der Waals surface area contributed by atoms with Crippen LogP contribution in [0, 0.1) is 0 Å². The Hall–Kier alpha value is -0.980. The topological polar surface area (TPSA) is 113 Å². The maximum Gasteiger partial charge on any atom is 0.371 e. The lowest BCUT2D eigenvalue weighted by Gasteiger charge is -2.00. The molecule has 0 atom stereocenters. The van der Waals surface area contributed by atoms with E-state index in [2.05, 4.69) is 5.32 Å². The average Bonchev–Trinajstić information content (AvgIpc) is 2.24. The predicted octanol–water partition coefficient (Wildman–Crippen LogP) is -0.643. The second-order valence-corrected chi connectivity index (χ2v) is 3.18. The molecule has 0 aliphatic carbocycles. The van der Waals surface area contributed by atoms with Crippen molar-refractivity contribution in [3.05, 3.63) is 0 Å². The van der Waals surface area contributed by atoms with Crippen molar-refractivity contribution in [2.24, 2.45) is 5.73 Å². The fraction of sp³-hybridized carbons (Fsp3) is 0.800. The van der Waals surface area contributed by atoms with Crippen molar-refractivity contribution in [1.82, 2.24) is 5.32 Å². The molecule has 5 N–H and O–H groups in total. The monoisotopic (exact) mass is 234 g/mol. The summed E-state index contributed by atoms with van der Waals surface area (Å²) in [7, 11) is 0. The van der Waals surface area contributed by atoms with Crippen molar-refractivity contribution in [3.8, 4) is 0 Å². The first kappa shape index (κ1) is 17.4. The van der Waals surface area contributed by atoms with Crippen LogP contribution in [0.5, 0.6) is 0 Å². The number of Topliss-reactive ketones (excluding diaryl/α,β-unsaturated/α-hetero) is 1. The van der Waals surface area contributed by atoms with Crippen molar-refractivity contribution >= 4 is 11.8 Å². The third-order valence-electron chi connectivity index (χ3n) is 1.62. The highest BCUT2D eigenvalue weighted by Crippen LogP contribution is 1.82. The Morgan fingerprint density at radius 2 is 1.69 bits per heavy atom. The van der Waals surface area contributed by atoms with Gasteiger partial charge in [0.2, 0.25) is 5.78 Å². The van der Waals surface area contributed by atoms with Gasteiger partial charge in [-0.2, -0.15) is 0 Å². The molecule has 0 aromatic heterocycles. The zero-order chi connectivity index (χ0) is 12.8. The van der Waals surface area contributed by atoms with E-state index in [9.17, 15) is 9.59 Å². The number of carboxylic acids is 1. The van der Waals surface area contributed by atoms with Gasteiger partial charge in [-0.1, -0.05) is 0 Å². The van der Waals surface area contributed by atoms with Gasteiger partial charge < -0.3 is 21.3 Å². The average molecular weight is 234 g/mol. The van der Waals surface area contributed by atoms with Crippen LogP contribution in [0.15, 0.2) is 0 Å². The van der Waals surface area contributed by atoms with E-state index >= 15 is 0 Å². The van der Waals surface area contributed by atoms with Crippen LogP contribution in [0.4, 0.5) is 0 Å². The number of hydrogen-bond donors (Lipinski definition) is 4. The summed E-state index contributed by atoms with van der Waals surface area (Å²) in [5, 5.41) is 19.3. The van der Waals surface area contributed by atoms with E-state index in [0.29, 0.717) is 0 Å². The van der Waals surface area contributed by atoms with Gasteiger partial charge in [-0.3, -0.25) is 4.79 Å². The van der Waals surface area contributed by atoms with Crippen LogP contribution in [0.1, 0.15) is 26.2 Å². The minimum atomic E-state index is -1.38. The highest BCUT2D eigenvalue weighted by Gasteiger charge is 1.98. The maximum atomic E-state index is 9.54. The van der Waals surface area contributed by atoms with Crippen molar-refractivity contribution in [2.45, 2.75) is 26.2 Å². The first-order chi connectivity index (χ1) is 7.56. The van der Waals surface area contributed by atoms with E-state index in [1.807, 2.05) is 0 Å². The van der Waals surface area contributed by atoms with E-state index in [4.69, 9.17) is 15.9 Å². The fourth-order valence-corrected chi connectivity index (χ4v) is 0.723. The molecule has 96 valence electrons. The van der Waals surface area contributed by atoms with Gasteiger partial charge in [0.25, 0.3) is 0 Å². The van der Waals surface area contributed by atoms with Crippen molar-refractivity contribution in [1.29, 1.82) is 0 Å². The normalized spacial score (nSPS) is 9.19. The fourth-order valence-electron chi connectivity index (χ4n) is 0.723. The first-order valence-electron chi connectivity index (χ1n) is 5.31. The molecule has 0 radical (unpaired) electrons. The Bertz CT molecular complexity index is 166. The quantitative estimate of drug-likeness (QED) is 0.328. The number of rotatable bonds is 8. The third-order valence-corrected chi connectivity index (χ3v) is 1.62. The second-order valence-electron chi connectivity index (χ2n) is 3.18. The lowest BCUT2D eigenvalue weighted by molar-refractivity contribution is -0.148. The predicted molar refractivity (Wildman–Crippen MR) is 61.2 cm³/mol. The smallest absolute Gasteiger partial charge is 0.371 e. The SMILES string of the molecule is CC(=O)C(=O)O.NCCCCNCCCO. The van der Waals surface area contributed by atoms with E-state index in [0.717, 1.165) is 45.8 Å². The van der Waals surface area contributed by atoms with Gasteiger partial charge in [-0.25, -0.2) is 4.79 Å². The molecule has 0 rings (SSSR count). The number of carbonyl (C=O) groups is 2. The molecular weight excluding hydrogens is 212 g/mol. The van der Waals surface area contributed by atoms with Gasteiger partial charge in [0, 0.05) is 13.5 Å². The van der Waals surface area contributed by atoms with Gasteiger partial charge in [-0.05, 0) is 38.9 Å². The number of aliphatic hydroxyl groups is 1. The van der Waals surface area contributed by atoms with Crippen LogP contribution in [-0.4, -0.2) is 48.2 Å². The molecular formula is C10H22N2O4. The molecule has 0 amide bonds. The Labute approximate surface area is 95.8 Å². The highest BCUT2D eigenvalue weighted by molar-refractivity contribution is 6.31. The molecule has 0 saturated heterocycles. The van der Waals surface area contributed by atoms with Crippen LogP contribution in [0.3, 0.4) is 0 Å². The zero-order valence-corrected chi connectivity index (χ0v) is 9.74. The summed E-state index contributed by atoms with van der Waals surface area (Å²) in [6, 6.07) is 0. The largest absolute Gasteiger partial charge is 0.476 e. The minimum absolute atomic E-state index is 0.282. The highest BCUT2D eigenvalue weighted by atomic mass is 16.4. The number of ketones is 1.